The zero-order valence-corrected chi connectivity index (χ0v) is 14.8. The van der Waals surface area contributed by atoms with Crippen molar-refractivity contribution in [3.63, 3.8) is 0 Å². The molecule has 1 aromatic heterocycles. The van der Waals surface area contributed by atoms with E-state index < -0.39 is 9.84 Å². The van der Waals surface area contributed by atoms with Crippen molar-refractivity contribution in [2.24, 2.45) is 5.92 Å². The fourth-order valence-electron chi connectivity index (χ4n) is 2.78. The van der Waals surface area contributed by atoms with Gasteiger partial charge in [-0.15, -0.1) is 0 Å². The van der Waals surface area contributed by atoms with Gasteiger partial charge in [-0.05, 0) is 19.4 Å². The fourth-order valence-corrected chi connectivity index (χ4v) is 4.58. The van der Waals surface area contributed by atoms with E-state index in [9.17, 15) is 13.2 Å². The molecule has 1 aliphatic rings. The van der Waals surface area contributed by atoms with Gasteiger partial charge in [0.2, 0.25) is 5.91 Å². The molecular weight excluding hydrogens is 316 g/mol. The van der Waals surface area contributed by atoms with Crippen LogP contribution in [0.25, 0.3) is 0 Å². The lowest BCUT2D eigenvalue weighted by molar-refractivity contribution is -0.122. The van der Waals surface area contributed by atoms with Gasteiger partial charge >= 0.3 is 0 Å². The van der Waals surface area contributed by atoms with Crippen LogP contribution >= 0.6 is 0 Å². The minimum absolute atomic E-state index is 0.0581. The number of hydrogen-bond donors (Lipinski definition) is 1. The Morgan fingerprint density at radius 1 is 1.52 bits per heavy atom. The highest BCUT2D eigenvalue weighted by atomic mass is 32.2. The van der Waals surface area contributed by atoms with Crippen LogP contribution < -0.4 is 5.32 Å². The monoisotopic (exact) mass is 342 g/mol. The first-order valence-electron chi connectivity index (χ1n) is 7.93. The number of carbonyl (C=O) groups is 1. The summed E-state index contributed by atoms with van der Waals surface area (Å²) in [7, 11) is -1.13. The van der Waals surface area contributed by atoms with E-state index in [4.69, 9.17) is 0 Å². The van der Waals surface area contributed by atoms with Gasteiger partial charge in [0, 0.05) is 18.8 Å². The van der Waals surface area contributed by atoms with Gasteiger partial charge < -0.3 is 9.88 Å². The molecule has 1 saturated heterocycles. The molecule has 1 amide bonds. The van der Waals surface area contributed by atoms with Gasteiger partial charge in [-0.3, -0.25) is 9.69 Å². The average molecular weight is 342 g/mol. The second kappa shape index (κ2) is 7.44. The van der Waals surface area contributed by atoms with Crippen LogP contribution in [-0.4, -0.2) is 59.9 Å². The predicted molar refractivity (Wildman–Crippen MR) is 88.6 cm³/mol. The van der Waals surface area contributed by atoms with E-state index in [2.05, 4.69) is 24.1 Å². The van der Waals surface area contributed by atoms with Crippen molar-refractivity contribution in [3.05, 3.63) is 18.2 Å². The third-order valence-electron chi connectivity index (χ3n) is 4.05. The molecule has 0 radical (unpaired) electrons. The Labute approximate surface area is 138 Å². The van der Waals surface area contributed by atoms with Gasteiger partial charge in [0.05, 0.1) is 36.6 Å². The molecule has 8 heteroatoms. The maximum atomic E-state index is 12.1. The Kier molecular flexibility index (Phi) is 5.80. The van der Waals surface area contributed by atoms with Crippen molar-refractivity contribution in [1.29, 1.82) is 0 Å². The maximum Gasteiger partial charge on any atom is 0.234 e. The van der Waals surface area contributed by atoms with E-state index in [1.54, 1.807) is 19.6 Å². The van der Waals surface area contributed by atoms with E-state index in [0.29, 0.717) is 18.9 Å². The molecule has 0 bridgehead atoms. The lowest BCUT2D eigenvalue weighted by atomic mass is 10.2. The van der Waals surface area contributed by atoms with Crippen LogP contribution in [0.2, 0.25) is 0 Å². The lowest BCUT2D eigenvalue weighted by Crippen LogP contribution is -2.41. The maximum absolute atomic E-state index is 12.1. The number of sulfone groups is 1. The van der Waals surface area contributed by atoms with E-state index in [1.165, 1.54) is 0 Å². The number of hydrogen-bond acceptors (Lipinski definition) is 5. The lowest BCUT2D eigenvalue weighted by Gasteiger charge is -2.22. The fraction of sp³-hybridized carbons (Fsp3) is 0.733. The summed E-state index contributed by atoms with van der Waals surface area (Å²) >= 11 is 0. The molecule has 1 atom stereocenters. The van der Waals surface area contributed by atoms with E-state index in [1.807, 2.05) is 9.47 Å². The highest BCUT2D eigenvalue weighted by Gasteiger charge is 2.31. The standard InChI is InChI=1S/C15H26N4O3S/c1-12(2)8-19-11-16-6-14(19)7-17-15(20)9-18(3)13-4-5-23(21,22)10-13/h6,11-13H,4-5,7-10H2,1-3H3,(H,17,20)/t13-/m0/s1. The van der Waals surface area contributed by atoms with Crippen molar-refractivity contribution in [2.75, 3.05) is 25.1 Å². The summed E-state index contributed by atoms with van der Waals surface area (Å²) in [4.78, 5) is 18.0. The summed E-state index contributed by atoms with van der Waals surface area (Å²) in [6.07, 6.45) is 4.14. The number of rotatable bonds is 7. The highest BCUT2D eigenvalue weighted by Crippen LogP contribution is 2.16. The molecule has 1 aromatic rings. The van der Waals surface area contributed by atoms with Crippen molar-refractivity contribution >= 4 is 15.7 Å². The van der Waals surface area contributed by atoms with E-state index >= 15 is 0 Å². The summed E-state index contributed by atoms with van der Waals surface area (Å²) in [5.41, 5.74) is 0.971. The van der Waals surface area contributed by atoms with E-state index in [0.717, 1.165) is 12.2 Å². The molecule has 1 fully saturated rings. The molecule has 23 heavy (non-hydrogen) atoms. The molecule has 0 unspecified atom stereocenters. The van der Waals surface area contributed by atoms with Gasteiger partial charge in [0.25, 0.3) is 0 Å². The Bertz CT molecular complexity index is 639. The summed E-state index contributed by atoms with van der Waals surface area (Å²) in [6, 6.07) is -0.0581. The Morgan fingerprint density at radius 3 is 2.87 bits per heavy atom. The predicted octanol–water partition coefficient (Wildman–Crippen LogP) is 0.274. The molecule has 0 aromatic carbocycles. The summed E-state index contributed by atoms with van der Waals surface area (Å²) in [5.74, 6) is 0.777. The van der Waals surface area contributed by atoms with Gasteiger partial charge in [-0.1, -0.05) is 13.8 Å². The molecule has 7 nitrogen and oxygen atoms in total. The first kappa shape index (κ1) is 17.9. The number of likely N-dealkylation sites (N-methyl/N-ethyl adjacent to an activating group) is 1. The van der Waals surface area contributed by atoms with Crippen LogP contribution in [0.1, 0.15) is 26.0 Å². The first-order valence-corrected chi connectivity index (χ1v) is 9.75. The number of imidazole rings is 1. The van der Waals surface area contributed by atoms with Gasteiger partial charge in [-0.25, -0.2) is 13.4 Å². The van der Waals surface area contributed by atoms with Gasteiger partial charge in [0.15, 0.2) is 9.84 Å². The second-order valence-corrected chi connectivity index (χ2v) is 8.91. The zero-order valence-electron chi connectivity index (χ0n) is 14.0. The Morgan fingerprint density at radius 2 is 2.26 bits per heavy atom. The third-order valence-corrected chi connectivity index (χ3v) is 5.80. The molecule has 1 aliphatic heterocycles. The zero-order chi connectivity index (χ0) is 17.0. The van der Waals surface area contributed by atoms with Crippen LogP contribution in [-0.2, 0) is 27.7 Å². The third kappa shape index (κ3) is 5.31. The van der Waals surface area contributed by atoms with Crippen LogP contribution in [0, 0.1) is 5.92 Å². The molecule has 2 rings (SSSR count). The van der Waals surface area contributed by atoms with Crippen LogP contribution in [0.3, 0.4) is 0 Å². The molecule has 2 heterocycles. The number of nitrogens with one attached hydrogen (secondary N) is 1. The van der Waals surface area contributed by atoms with Gasteiger partial charge in [0.1, 0.15) is 0 Å². The summed E-state index contributed by atoms with van der Waals surface area (Å²) in [5, 5.41) is 2.88. The summed E-state index contributed by atoms with van der Waals surface area (Å²) < 4.78 is 25.0. The minimum Gasteiger partial charge on any atom is -0.349 e. The quantitative estimate of drug-likeness (QED) is 0.769. The molecule has 0 spiro atoms. The second-order valence-electron chi connectivity index (χ2n) is 6.68. The topological polar surface area (TPSA) is 84.3 Å². The van der Waals surface area contributed by atoms with Crippen molar-refractivity contribution < 1.29 is 13.2 Å². The SMILES string of the molecule is CC(C)Cn1cncc1CNC(=O)CN(C)[C@H]1CCS(=O)(=O)C1. The first-order chi connectivity index (χ1) is 10.8. The molecule has 1 N–H and O–H groups in total. The van der Waals surface area contributed by atoms with E-state index in [-0.39, 0.29) is 30.0 Å². The van der Waals surface area contributed by atoms with Gasteiger partial charge in [-0.2, -0.15) is 0 Å². The molecule has 0 saturated carbocycles. The Balaban J connectivity index is 1.80. The number of nitrogens with zero attached hydrogens (tertiary/aromatic N) is 3. The van der Waals surface area contributed by atoms with Crippen LogP contribution in [0.5, 0.6) is 0 Å². The normalized spacial score (nSPS) is 20.3. The van der Waals surface area contributed by atoms with Crippen molar-refractivity contribution in [2.45, 2.75) is 39.4 Å². The van der Waals surface area contributed by atoms with Crippen molar-refractivity contribution in [3.8, 4) is 0 Å². The molecule has 0 aliphatic carbocycles. The van der Waals surface area contributed by atoms with Crippen LogP contribution in [0.15, 0.2) is 12.5 Å². The molecule has 130 valence electrons. The number of carbonyl (C=O) groups excluding carboxylic acids is 1. The smallest absolute Gasteiger partial charge is 0.234 e. The minimum atomic E-state index is -2.93. The largest absolute Gasteiger partial charge is 0.349 e. The average Bonchev–Trinajstić information content (AvgIpc) is 3.02. The number of aromatic nitrogens is 2. The van der Waals surface area contributed by atoms with Crippen molar-refractivity contribution in [1.82, 2.24) is 19.8 Å². The summed E-state index contributed by atoms with van der Waals surface area (Å²) in [6.45, 7) is 5.77. The molecular formula is C15H26N4O3S. The Hall–Kier alpha value is -1.41. The number of amides is 1. The highest BCUT2D eigenvalue weighted by molar-refractivity contribution is 7.91. The van der Waals surface area contributed by atoms with Crippen LogP contribution in [0.4, 0.5) is 0 Å².